The van der Waals surface area contributed by atoms with Crippen LogP contribution in [-0.4, -0.2) is 40.8 Å². The summed E-state index contributed by atoms with van der Waals surface area (Å²) in [7, 11) is 0. The summed E-state index contributed by atoms with van der Waals surface area (Å²) in [5.41, 5.74) is 2.44. The number of carbonyl (C=O) groups is 1. The first-order chi connectivity index (χ1) is 9.98. The monoisotopic (exact) mass is 314 g/mol. The molecule has 2 atom stereocenters. The highest BCUT2D eigenvalue weighted by Gasteiger charge is 2.31. The molecule has 1 aliphatic rings. The molecule has 1 amide bonds. The molecule has 1 heterocycles. The second-order valence-corrected chi connectivity index (χ2v) is 8.29. The quantitative estimate of drug-likeness (QED) is 0.800. The molecule has 0 aromatic rings. The molecule has 5 heteroatoms. The van der Waals surface area contributed by atoms with Gasteiger partial charge in [0.25, 0.3) is 0 Å². The second kappa shape index (κ2) is 7.64. The van der Waals surface area contributed by atoms with E-state index in [0.717, 1.165) is 32.2 Å². The standard InChI is InChI=1S/C17H34N2O3/c1-13(18-22-17(5,6)7)12-14-10-8-9-11-19(14)15(20)21-16(2,3)4/h13-14,18H,8-12H2,1-7H3. The number of hydrogen-bond donors (Lipinski definition) is 1. The highest BCUT2D eigenvalue weighted by atomic mass is 16.7. The Labute approximate surface area is 135 Å². The Morgan fingerprint density at radius 2 is 1.82 bits per heavy atom. The van der Waals surface area contributed by atoms with Gasteiger partial charge in [0.15, 0.2) is 0 Å². The minimum Gasteiger partial charge on any atom is -0.444 e. The van der Waals surface area contributed by atoms with E-state index in [9.17, 15) is 4.79 Å². The maximum Gasteiger partial charge on any atom is 0.410 e. The van der Waals surface area contributed by atoms with Crippen molar-refractivity contribution in [1.29, 1.82) is 0 Å². The first-order valence-electron chi connectivity index (χ1n) is 8.41. The molecule has 0 spiro atoms. The number of ether oxygens (including phenoxy) is 1. The van der Waals surface area contributed by atoms with E-state index in [-0.39, 0.29) is 23.8 Å². The Morgan fingerprint density at radius 1 is 1.18 bits per heavy atom. The van der Waals surface area contributed by atoms with E-state index in [2.05, 4.69) is 12.4 Å². The van der Waals surface area contributed by atoms with E-state index >= 15 is 0 Å². The number of rotatable bonds is 4. The van der Waals surface area contributed by atoms with Gasteiger partial charge in [-0.1, -0.05) is 0 Å². The zero-order valence-corrected chi connectivity index (χ0v) is 15.4. The number of hydroxylamine groups is 1. The van der Waals surface area contributed by atoms with Crippen LogP contribution in [0.1, 0.15) is 74.1 Å². The van der Waals surface area contributed by atoms with E-state index in [1.807, 2.05) is 46.4 Å². The molecule has 2 unspecified atom stereocenters. The number of nitrogens with zero attached hydrogens (tertiary/aromatic N) is 1. The minimum absolute atomic E-state index is 0.187. The first kappa shape index (κ1) is 19.2. The largest absolute Gasteiger partial charge is 0.444 e. The van der Waals surface area contributed by atoms with Gasteiger partial charge in [0, 0.05) is 18.6 Å². The fourth-order valence-electron chi connectivity index (χ4n) is 2.54. The molecule has 22 heavy (non-hydrogen) atoms. The smallest absolute Gasteiger partial charge is 0.410 e. The van der Waals surface area contributed by atoms with Gasteiger partial charge >= 0.3 is 6.09 Å². The third kappa shape index (κ3) is 7.45. The molecule has 5 nitrogen and oxygen atoms in total. The van der Waals surface area contributed by atoms with Crippen molar-refractivity contribution in [2.45, 2.75) is 97.4 Å². The minimum atomic E-state index is -0.446. The summed E-state index contributed by atoms with van der Waals surface area (Å²) < 4.78 is 5.54. The molecule has 1 fully saturated rings. The Kier molecular flexibility index (Phi) is 6.68. The average Bonchev–Trinajstić information content (AvgIpc) is 2.34. The van der Waals surface area contributed by atoms with Crippen molar-refractivity contribution < 1.29 is 14.4 Å². The van der Waals surface area contributed by atoms with Gasteiger partial charge in [-0.25, -0.2) is 4.79 Å². The summed E-state index contributed by atoms with van der Waals surface area (Å²) in [5, 5.41) is 0. The summed E-state index contributed by atoms with van der Waals surface area (Å²) in [4.78, 5) is 19.9. The van der Waals surface area contributed by atoms with Gasteiger partial charge in [-0.3, -0.25) is 4.84 Å². The maximum absolute atomic E-state index is 12.4. The predicted molar refractivity (Wildman–Crippen MR) is 88.6 cm³/mol. The zero-order valence-electron chi connectivity index (χ0n) is 15.4. The normalized spacial score (nSPS) is 21.6. The molecule has 0 aromatic carbocycles. The molecule has 130 valence electrons. The van der Waals surface area contributed by atoms with Crippen LogP contribution in [0.2, 0.25) is 0 Å². The predicted octanol–water partition coefficient (Wildman–Crippen LogP) is 3.87. The van der Waals surface area contributed by atoms with E-state index in [1.54, 1.807) is 0 Å². The summed E-state index contributed by atoms with van der Waals surface area (Å²) in [6.45, 7) is 14.6. The lowest BCUT2D eigenvalue weighted by atomic mass is 9.97. The lowest BCUT2D eigenvalue weighted by Crippen LogP contribution is -2.48. The van der Waals surface area contributed by atoms with Crippen LogP contribution in [0.3, 0.4) is 0 Å². The molecule has 1 aliphatic heterocycles. The third-order valence-electron chi connectivity index (χ3n) is 3.45. The molecule has 0 bridgehead atoms. The van der Waals surface area contributed by atoms with Crippen molar-refractivity contribution in [2.75, 3.05) is 6.54 Å². The van der Waals surface area contributed by atoms with E-state index in [4.69, 9.17) is 9.57 Å². The van der Waals surface area contributed by atoms with Gasteiger partial charge in [0.05, 0.1) is 5.60 Å². The van der Waals surface area contributed by atoms with Crippen molar-refractivity contribution in [2.24, 2.45) is 0 Å². The van der Waals surface area contributed by atoms with Crippen molar-refractivity contribution in [3.05, 3.63) is 0 Å². The lowest BCUT2D eigenvalue weighted by molar-refractivity contribution is -0.0900. The number of amides is 1. The second-order valence-electron chi connectivity index (χ2n) is 8.29. The third-order valence-corrected chi connectivity index (χ3v) is 3.45. The Balaban J connectivity index is 2.56. The number of nitrogens with one attached hydrogen (secondary N) is 1. The number of likely N-dealkylation sites (tertiary alicyclic amines) is 1. The van der Waals surface area contributed by atoms with Crippen LogP contribution >= 0.6 is 0 Å². The molecular formula is C17H34N2O3. The fourth-order valence-corrected chi connectivity index (χ4v) is 2.54. The molecule has 1 saturated heterocycles. The van der Waals surface area contributed by atoms with Gasteiger partial charge in [0.2, 0.25) is 0 Å². The molecular weight excluding hydrogens is 280 g/mol. The van der Waals surface area contributed by atoms with Crippen LogP contribution in [-0.2, 0) is 9.57 Å². The molecule has 0 aliphatic carbocycles. The maximum atomic E-state index is 12.4. The van der Waals surface area contributed by atoms with Gasteiger partial charge < -0.3 is 9.64 Å². The molecule has 0 saturated carbocycles. The summed E-state index contributed by atoms with van der Waals surface area (Å²) in [5.74, 6) is 0. The van der Waals surface area contributed by atoms with Crippen molar-refractivity contribution in [3.63, 3.8) is 0 Å². The van der Waals surface area contributed by atoms with Crippen LogP contribution in [0.5, 0.6) is 0 Å². The van der Waals surface area contributed by atoms with Crippen LogP contribution < -0.4 is 5.48 Å². The first-order valence-corrected chi connectivity index (χ1v) is 8.41. The van der Waals surface area contributed by atoms with E-state index < -0.39 is 5.60 Å². The van der Waals surface area contributed by atoms with Crippen molar-refractivity contribution in [3.8, 4) is 0 Å². The Bertz CT molecular complexity index is 358. The van der Waals surface area contributed by atoms with E-state index in [1.165, 1.54) is 0 Å². The van der Waals surface area contributed by atoms with Gasteiger partial charge in [-0.2, -0.15) is 5.48 Å². The van der Waals surface area contributed by atoms with Crippen molar-refractivity contribution >= 4 is 6.09 Å². The highest BCUT2D eigenvalue weighted by molar-refractivity contribution is 5.68. The molecule has 1 N–H and O–H groups in total. The Morgan fingerprint density at radius 3 is 2.36 bits per heavy atom. The SMILES string of the molecule is CC(CC1CCCCN1C(=O)OC(C)(C)C)NOC(C)(C)C. The molecule has 0 aromatic heterocycles. The number of hydrogen-bond acceptors (Lipinski definition) is 4. The summed E-state index contributed by atoms with van der Waals surface area (Å²) in [6.07, 6.45) is 3.92. The van der Waals surface area contributed by atoms with Gasteiger partial charge in [0.1, 0.15) is 5.60 Å². The van der Waals surface area contributed by atoms with E-state index in [0.29, 0.717) is 0 Å². The topological polar surface area (TPSA) is 50.8 Å². The number of carbonyl (C=O) groups excluding carboxylic acids is 1. The van der Waals surface area contributed by atoms with Crippen LogP contribution in [0.25, 0.3) is 0 Å². The van der Waals surface area contributed by atoms with Crippen LogP contribution in [0, 0.1) is 0 Å². The van der Waals surface area contributed by atoms with Crippen LogP contribution in [0.15, 0.2) is 0 Å². The van der Waals surface area contributed by atoms with Gasteiger partial charge in [-0.05, 0) is 74.1 Å². The summed E-state index contributed by atoms with van der Waals surface area (Å²) >= 11 is 0. The number of piperidine rings is 1. The molecule has 1 rings (SSSR count). The highest BCUT2D eigenvalue weighted by Crippen LogP contribution is 2.23. The van der Waals surface area contributed by atoms with Crippen molar-refractivity contribution in [1.82, 2.24) is 10.4 Å². The van der Waals surface area contributed by atoms with Crippen LogP contribution in [0.4, 0.5) is 4.79 Å². The summed E-state index contributed by atoms with van der Waals surface area (Å²) in [6, 6.07) is 0.405. The zero-order chi connectivity index (χ0) is 17.0. The lowest BCUT2D eigenvalue weighted by Gasteiger charge is -2.38. The average molecular weight is 314 g/mol. The fraction of sp³-hybridized carbons (Fsp3) is 0.941. The Hall–Kier alpha value is -0.810. The van der Waals surface area contributed by atoms with Gasteiger partial charge in [-0.15, -0.1) is 0 Å². The molecule has 0 radical (unpaired) electrons.